The molecule has 0 saturated heterocycles. The predicted molar refractivity (Wildman–Crippen MR) is 90.2 cm³/mol. The number of fused-ring (bicyclic) bond motifs is 3. The maximum Gasteiger partial charge on any atom is 0.311 e. The van der Waals surface area contributed by atoms with E-state index in [9.17, 15) is 14.4 Å². The summed E-state index contributed by atoms with van der Waals surface area (Å²) in [5, 5.41) is 0. The molecule has 4 nitrogen and oxygen atoms in total. The lowest BCUT2D eigenvalue weighted by molar-refractivity contribution is -0.160. The van der Waals surface area contributed by atoms with Crippen molar-refractivity contribution in [2.75, 3.05) is 7.11 Å². The fourth-order valence-corrected chi connectivity index (χ4v) is 4.91. The predicted octanol–water partition coefficient (Wildman–Crippen LogP) is 3.71. The molecule has 3 rings (SSSR count). The third kappa shape index (κ3) is 2.23. The topological polar surface area (TPSA) is 60.4 Å². The highest BCUT2D eigenvalue weighted by atomic mass is 16.5. The van der Waals surface area contributed by atoms with Crippen LogP contribution < -0.4 is 0 Å². The Hall–Kier alpha value is -1.97. The third-order valence-corrected chi connectivity index (χ3v) is 6.31. The van der Waals surface area contributed by atoms with Gasteiger partial charge in [-0.1, -0.05) is 25.5 Å². The Bertz CT molecular complexity index is 735. The summed E-state index contributed by atoms with van der Waals surface area (Å²) in [5.74, 6) is -0.321. The van der Waals surface area contributed by atoms with Crippen LogP contribution in [0.5, 0.6) is 0 Å². The quantitative estimate of drug-likeness (QED) is 0.613. The van der Waals surface area contributed by atoms with Crippen LogP contribution in [0.25, 0.3) is 0 Å². The molecular formula is C20H24O4. The molecule has 0 radical (unpaired) electrons. The van der Waals surface area contributed by atoms with E-state index in [1.807, 2.05) is 13.0 Å². The number of carbonyl (C=O) groups excluding carboxylic acids is 3. The monoisotopic (exact) mass is 328 g/mol. The highest BCUT2D eigenvalue weighted by Gasteiger charge is 2.57. The molecule has 0 unspecified atom stereocenters. The molecule has 24 heavy (non-hydrogen) atoms. The first-order valence-corrected chi connectivity index (χ1v) is 8.51. The molecule has 0 heterocycles. The van der Waals surface area contributed by atoms with Crippen molar-refractivity contribution in [2.24, 2.45) is 11.3 Å². The van der Waals surface area contributed by atoms with Gasteiger partial charge in [0.25, 0.3) is 0 Å². The number of benzene rings is 1. The molecule has 128 valence electrons. The molecule has 1 saturated carbocycles. The Labute approximate surface area is 142 Å². The molecule has 1 fully saturated rings. The lowest BCUT2D eigenvalue weighted by atomic mass is 9.49. The van der Waals surface area contributed by atoms with Gasteiger partial charge in [-0.25, -0.2) is 0 Å². The van der Waals surface area contributed by atoms with Crippen LogP contribution in [-0.2, 0) is 14.9 Å². The third-order valence-electron chi connectivity index (χ3n) is 6.31. The standard InChI is InChI=1S/C20H24O4/c1-12(21)13-6-7-15-14(10-13)16(22)11-17-19(15,2)8-5-9-20(17,3)18(23)24-4/h6-7,10,17H,5,8-9,11H2,1-4H3/t17-,19-,20-/m1/s1. The fraction of sp³-hybridized carbons (Fsp3) is 0.550. The number of methoxy groups -OCH3 is 1. The van der Waals surface area contributed by atoms with Gasteiger partial charge in [0.2, 0.25) is 0 Å². The molecule has 1 aromatic carbocycles. The minimum absolute atomic E-state index is 0.0209. The Morgan fingerprint density at radius 1 is 1.21 bits per heavy atom. The van der Waals surface area contributed by atoms with E-state index in [4.69, 9.17) is 4.74 Å². The molecule has 2 aliphatic rings. The average Bonchev–Trinajstić information content (AvgIpc) is 2.56. The van der Waals surface area contributed by atoms with Crippen molar-refractivity contribution in [1.82, 2.24) is 0 Å². The van der Waals surface area contributed by atoms with E-state index in [0.717, 1.165) is 24.8 Å². The zero-order valence-corrected chi connectivity index (χ0v) is 14.8. The summed E-state index contributed by atoms with van der Waals surface area (Å²) in [6.07, 6.45) is 2.93. The fourth-order valence-electron chi connectivity index (χ4n) is 4.91. The molecule has 3 atom stereocenters. The van der Waals surface area contributed by atoms with Gasteiger partial charge in [-0.15, -0.1) is 0 Å². The summed E-state index contributed by atoms with van der Waals surface area (Å²) in [7, 11) is 1.41. The van der Waals surface area contributed by atoms with Crippen LogP contribution in [0.3, 0.4) is 0 Å². The summed E-state index contributed by atoms with van der Waals surface area (Å²) in [5.41, 5.74) is 1.29. The minimum Gasteiger partial charge on any atom is -0.469 e. The van der Waals surface area contributed by atoms with Gasteiger partial charge in [0.1, 0.15) is 0 Å². The molecule has 0 spiro atoms. The van der Waals surface area contributed by atoms with E-state index in [1.54, 1.807) is 12.1 Å². The first kappa shape index (κ1) is 16.9. The molecular weight excluding hydrogens is 304 g/mol. The number of esters is 1. The lowest BCUT2D eigenvalue weighted by Crippen LogP contribution is -2.53. The largest absolute Gasteiger partial charge is 0.469 e. The Balaban J connectivity index is 2.15. The van der Waals surface area contributed by atoms with Crippen LogP contribution in [0.4, 0.5) is 0 Å². The number of carbonyl (C=O) groups is 3. The van der Waals surface area contributed by atoms with Crippen LogP contribution in [0, 0.1) is 11.3 Å². The summed E-state index contributed by atoms with van der Waals surface area (Å²) in [4.78, 5) is 36.9. The second-order valence-electron chi connectivity index (χ2n) is 7.68. The number of Topliss-reactive ketones (excluding diaryl/α,β-unsaturated/α-hetero) is 2. The molecule has 1 aromatic rings. The van der Waals surface area contributed by atoms with Crippen LogP contribution in [0.1, 0.15) is 72.7 Å². The van der Waals surface area contributed by atoms with Crippen molar-refractivity contribution >= 4 is 17.5 Å². The second kappa shape index (κ2) is 5.54. The van der Waals surface area contributed by atoms with E-state index < -0.39 is 5.41 Å². The molecule has 0 aliphatic heterocycles. The molecule has 0 bridgehead atoms. The van der Waals surface area contributed by atoms with E-state index in [1.165, 1.54) is 14.0 Å². The van der Waals surface area contributed by atoms with Crippen LogP contribution in [-0.4, -0.2) is 24.6 Å². The van der Waals surface area contributed by atoms with Gasteiger partial charge in [-0.2, -0.15) is 0 Å². The van der Waals surface area contributed by atoms with Gasteiger partial charge in [-0.3, -0.25) is 14.4 Å². The van der Waals surface area contributed by atoms with Gasteiger partial charge >= 0.3 is 5.97 Å². The summed E-state index contributed by atoms with van der Waals surface area (Å²) in [6.45, 7) is 5.59. The Morgan fingerprint density at radius 2 is 1.92 bits per heavy atom. The Morgan fingerprint density at radius 3 is 2.54 bits per heavy atom. The maximum atomic E-state index is 12.8. The zero-order chi connectivity index (χ0) is 17.7. The first-order chi connectivity index (χ1) is 11.2. The molecule has 0 amide bonds. The molecule has 0 aromatic heterocycles. The normalized spacial score (nSPS) is 31.8. The SMILES string of the molecule is COC(=O)[C@]1(C)CCC[C@]2(C)c3ccc(C(C)=O)cc3C(=O)C[C@@H]12. The number of rotatable bonds is 2. The Kier molecular flexibility index (Phi) is 3.89. The maximum absolute atomic E-state index is 12.8. The average molecular weight is 328 g/mol. The number of ketones is 2. The van der Waals surface area contributed by atoms with E-state index in [-0.39, 0.29) is 28.9 Å². The highest BCUT2D eigenvalue weighted by Crippen LogP contribution is 2.57. The van der Waals surface area contributed by atoms with Crippen LogP contribution >= 0.6 is 0 Å². The van der Waals surface area contributed by atoms with Gasteiger partial charge in [0, 0.05) is 17.5 Å². The minimum atomic E-state index is -0.644. The van der Waals surface area contributed by atoms with Crippen LogP contribution in [0.2, 0.25) is 0 Å². The first-order valence-electron chi connectivity index (χ1n) is 8.51. The van der Waals surface area contributed by atoms with E-state index in [2.05, 4.69) is 6.92 Å². The van der Waals surface area contributed by atoms with Gasteiger partial charge in [0.15, 0.2) is 11.6 Å². The highest BCUT2D eigenvalue weighted by molar-refractivity contribution is 6.03. The van der Waals surface area contributed by atoms with Crippen molar-refractivity contribution in [3.63, 3.8) is 0 Å². The van der Waals surface area contributed by atoms with Crippen molar-refractivity contribution in [3.05, 3.63) is 34.9 Å². The summed E-state index contributed by atoms with van der Waals surface area (Å²) < 4.78 is 5.07. The van der Waals surface area contributed by atoms with E-state index in [0.29, 0.717) is 17.5 Å². The zero-order valence-electron chi connectivity index (χ0n) is 14.8. The van der Waals surface area contributed by atoms with Crippen molar-refractivity contribution in [3.8, 4) is 0 Å². The summed E-state index contributed by atoms with van der Waals surface area (Å²) >= 11 is 0. The van der Waals surface area contributed by atoms with Gasteiger partial charge in [-0.05, 0) is 49.7 Å². The summed E-state index contributed by atoms with van der Waals surface area (Å²) in [6, 6.07) is 5.44. The molecule has 2 aliphatic carbocycles. The molecule has 0 N–H and O–H groups in total. The smallest absolute Gasteiger partial charge is 0.311 e. The van der Waals surface area contributed by atoms with E-state index >= 15 is 0 Å². The lowest BCUT2D eigenvalue weighted by Gasteiger charge is -2.53. The number of ether oxygens (including phenoxy) is 1. The van der Waals surface area contributed by atoms with Gasteiger partial charge < -0.3 is 4.74 Å². The van der Waals surface area contributed by atoms with Gasteiger partial charge in [0.05, 0.1) is 12.5 Å². The van der Waals surface area contributed by atoms with Crippen molar-refractivity contribution in [1.29, 1.82) is 0 Å². The van der Waals surface area contributed by atoms with Crippen molar-refractivity contribution < 1.29 is 19.1 Å². The van der Waals surface area contributed by atoms with Crippen LogP contribution in [0.15, 0.2) is 18.2 Å². The molecule has 4 heteroatoms. The van der Waals surface area contributed by atoms with Crippen molar-refractivity contribution in [2.45, 2.75) is 51.9 Å². The second-order valence-corrected chi connectivity index (χ2v) is 7.68. The number of hydrogen-bond donors (Lipinski definition) is 0. The number of hydrogen-bond acceptors (Lipinski definition) is 4.